The minimum Gasteiger partial charge on any atom is -0.493 e. The molecule has 0 aliphatic heterocycles. The van der Waals surface area contributed by atoms with Gasteiger partial charge in [-0.25, -0.2) is 4.39 Å². The number of hydrogen-bond acceptors (Lipinski definition) is 4. The van der Waals surface area contributed by atoms with Crippen molar-refractivity contribution in [1.29, 1.82) is 0 Å². The Balaban J connectivity index is 2.26. The molecule has 0 amide bonds. The molecule has 20 heavy (non-hydrogen) atoms. The molecule has 1 N–H and O–H groups in total. The Morgan fingerprint density at radius 1 is 1.20 bits per heavy atom. The molecule has 0 bridgehead atoms. The normalized spacial score (nSPS) is 10.7. The monoisotopic (exact) mass is 275 g/mol. The Bertz CT molecular complexity index is 614. The summed E-state index contributed by atoms with van der Waals surface area (Å²) < 4.78 is 24.3. The fourth-order valence-electron chi connectivity index (χ4n) is 1.78. The molecule has 0 aromatic heterocycles. The van der Waals surface area contributed by atoms with Crippen LogP contribution >= 0.6 is 0 Å². The van der Waals surface area contributed by atoms with Crippen molar-refractivity contribution in [3.63, 3.8) is 0 Å². The number of benzene rings is 2. The number of methoxy groups -OCH3 is 1. The Morgan fingerprint density at radius 2 is 2.00 bits per heavy atom. The van der Waals surface area contributed by atoms with E-state index in [-0.39, 0.29) is 12.4 Å². The van der Waals surface area contributed by atoms with Crippen LogP contribution in [0.25, 0.3) is 0 Å². The van der Waals surface area contributed by atoms with Crippen molar-refractivity contribution in [1.82, 2.24) is 0 Å². The van der Waals surface area contributed by atoms with Gasteiger partial charge in [0.2, 0.25) is 0 Å². The summed E-state index contributed by atoms with van der Waals surface area (Å²) in [5, 5.41) is 11.6. The average molecular weight is 275 g/mol. The van der Waals surface area contributed by atoms with Gasteiger partial charge in [0.05, 0.1) is 13.3 Å². The van der Waals surface area contributed by atoms with Crippen LogP contribution in [0.1, 0.15) is 11.1 Å². The van der Waals surface area contributed by atoms with Crippen molar-refractivity contribution in [3.05, 3.63) is 59.4 Å². The number of hydrogen-bond donors (Lipinski definition) is 1. The van der Waals surface area contributed by atoms with Gasteiger partial charge in [-0.05, 0) is 18.2 Å². The molecular formula is C15H14FNO3. The van der Waals surface area contributed by atoms with Crippen LogP contribution in [0.4, 0.5) is 4.39 Å². The van der Waals surface area contributed by atoms with Crippen molar-refractivity contribution >= 4 is 6.21 Å². The summed E-state index contributed by atoms with van der Waals surface area (Å²) in [6, 6.07) is 11.5. The van der Waals surface area contributed by atoms with Gasteiger partial charge in [-0.1, -0.05) is 29.4 Å². The number of rotatable bonds is 5. The predicted molar refractivity (Wildman–Crippen MR) is 73.1 cm³/mol. The molecule has 2 rings (SSSR count). The molecule has 0 atom stereocenters. The summed E-state index contributed by atoms with van der Waals surface area (Å²) in [7, 11) is 1.51. The van der Waals surface area contributed by atoms with E-state index in [1.807, 2.05) is 0 Å². The first kappa shape index (κ1) is 13.9. The van der Waals surface area contributed by atoms with Crippen molar-refractivity contribution < 1.29 is 19.1 Å². The van der Waals surface area contributed by atoms with Crippen molar-refractivity contribution in [2.75, 3.05) is 7.11 Å². The molecule has 2 aromatic carbocycles. The summed E-state index contributed by atoms with van der Waals surface area (Å²) in [4.78, 5) is 0. The lowest BCUT2D eigenvalue weighted by molar-refractivity contribution is 0.278. The van der Waals surface area contributed by atoms with E-state index in [0.29, 0.717) is 22.6 Å². The maximum absolute atomic E-state index is 13.5. The van der Waals surface area contributed by atoms with Crippen LogP contribution in [-0.2, 0) is 6.61 Å². The second kappa shape index (κ2) is 6.56. The zero-order valence-corrected chi connectivity index (χ0v) is 10.9. The lowest BCUT2D eigenvalue weighted by atomic mass is 10.2. The third-order valence-electron chi connectivity index (χ3n) is 2.76. The molecule has 5 heteroatoms. The fraction of sp³-hybridized carbons (Fsp3) is 0.133. The first-order valence-corrected chi connectivity index (χ1v) is 5.97. The number of ether oxygens (including phenoxy) is 2. The Morgan fingerprint density at radius 3 is 2.70 bits per heavy atom. The van der Waals surface area contributed by atoms with Gasteiger partial charge in [0.1, 0.15) is 12.4 Å². The molecular weight excluding hydrogens is 261 g/mol. The lowest BCUT2D eigenvalue weighted by Gasteiger charge is -2.13. The Kier molecular flexibility index (Phi) is 4.55. The summed E-state index contributed by atoms with van der Waals surface area (Å²) in [5.41, 5.74) is 0.980. The van der Waals surface area contributed by atoms with Gasteiger partial charge in [0, 0.05) is 11.1 Å². The first-order chi connectivity index (χ1) is 9.76. The van der Waals surface area contributed by atoms with E-state index < -0.39 is 0 Å². The largest absolute Gasteiger partial charge is 0.493 e. The van der Waals surface area contributed by atoms with Crippen molar-refractivity contribution in [3.8, 4) is 11.5 Å². The van der Waals surface area contributed by atoms with E-state index >= 15 is 0 Å². The minimum atomic E-state index is -0.334. The van der Waals surface area contributed by atoms with E-state index in [0.717, 1.165) is 0 Å². The van der Waals surface area contributed by atoms with Gasteiger partial charge >= 0.3 is 0 Å². The van der Waals surface area contributed by atoms with Gasteiger partial charge in [0.25, 0.3) is 0 Å². The highest BCUT2D eigenvalue weighted by Gasteiger charge is 2.10. The van der Waals surface area contributed by atoms with Gasteiger partial charge in [0.15, 0.2) is 11.5 Å². The summed E-state index contributed by atoms with van der Waals surface area (Å²) >= 11 is 0. The molecule has 0 saturated heterocycles. The summed E-state index contributed by atoms with van der Waals surface area (Å²) in [5.74, 6) is 0.551. The predicted octanol–water partition coefficient (Wildman–Crippen LogP) is 3.22. The Hall–Kier alpha value is -2.56. The highest BCUT2D eigenvalue weighted by Crippen LogP contribution is 2.31. The van der Waals surface area contributed by atoms with Crippen LogP contribution in [0.3, 0.4) is 0 Å². The number of oxime groups is 1. The minimum absolute atomic E-state index is 0.0549. The molecule has 104 valence electrons. The zero-order chi connectivity index (χ0) is 14.4. The van der Waals surface area contributed by atoms with Gasteiger partial charge in [-0.15, -0.1) is 0 Å². The molecule has 0 aliphatic carbocycles. The zero-order valence-electron chi connectivity index (χ0n) is 10.9. The highest BCUT2D eigenvalue weighted by atomic mass is 19.1. The summed E-state index contributed by atoms with van der Waals surface area (Å²) in [6.07, 6.45) is 1.24. The van der Waals surface area contributed by atoms with E-state index in [9.17, 15) is 4.39 Å². The molecule has 0 unspecified atom stereocenters. The van der Waals surface area contributed by atoms with E-state index in [4.69, 9.17) is 14.7 Å². The van der Waals surface area contributed by atoms with Crippen LogP contribution < -0.4 is 9.47 Å². The SMILES string of the molecule is COc1cccc(/C=N/O)c1OCc1ccccc1F. The second-order valence-corrected chi connectivity index (χ2v) is 4.00. The third kappa shape index (κ3) is 3.06. The number of halogens is 1. The molecule has 0 heterocycles. The smallest absolute Gasteiger partial charge is 0.170 e. The van der Waals surface area contributed by atoms with Gasteiger partial charge < -0.3 is 14.7 Å². The molecule has 0 saturated carbocycles. The van der Waals surface area contributed by atoms with Crippen molar-refractivity contribution in [2.24, 2.45) is 5.16 Å². The fourth-order valence-corrected chi connectivity index (χ4v) is 1.78. The van der Waals surface area contributed by atoms with E-state index in [2.05, 4.69) is 5.16 Å². The first-order valence-electron chi connectivity index (χ1n) is 5.97. The van der Waals surface area contributed by atoms with Gasteiger partial charge in [-0.3, -0.25) is 0 Å². The topological polar surface area (TPSA) is 51.0 Å². The van der Waals surface area contributed by atoms with Crippen LogP contribution in [0.5, 0.6) is 11.5 Å². The third-order valence-corrected chi connectivity index (χ3v) is 2.76. The molecule has 0 aliphatic rings. The highest BCUT2D eigenvalue weighted by molar-refractivity contribution is 5.84. The maximum atomic E-state index is 13.5. The maximum Gasteiger partial charge on any atom is 0.170 e. The Labute approximate surface area is 116 Å². The van der Waals surface area contributed by atoms with E-state index in [1.54, 1.807) is 36.4 Å². The van der Waals surface area contributed by atoms with Crippen LogP contribution in [0.2, 0.25) is 0 Å². The summed E-state index contributed by atoms with van der Waals surface area (Å²) in [6.45, 7) is 0.0549. The van der Waals surface area contributed by atoms with Gasteiger partial charge in [-0.2, -0.15) is 0 Å². The molecule has 0 radical (unpaired) electrons. The molecule has 0 fully saturated rings. The standard InChI is InChI=1S/C15H14FNO3/c1-19-14-8-4-6-11(9-17-18)15(14)20-10-12-5-2-3-7-13(12)16/h2-9,18H,10H2,1H3/b17-9+. The molecule has 0 spiro atoms. The quantitative estimate of drug-likeness (QED) is 0.518. The van der Waals surface area contributed by atoms with Crippen LogP contribution in [0, 0.1) is 5.82 Å². The molecule has 4 nitrogen and oxygen atoms in total. The van der Waals surface area contributed by atoms with Crippen LogP contribution in [0.15, 0.2) is 47.6 Å². The number of nitrogens with zero attached hydrogens (tertiary/aromatic N) is 1. The van der Waals surface area contributed by atoms with Crippen molar-refractivity contribution in [2.45, 2.75) is 6.61 Å². The van der Waals surface area contributed by atoms with Crippen LogP contribution in [-0.4, -0.2) is 18.5 Å². The molecule has 2 aromatic rings. The average Bonchev–Trinajstić information content (AvgIpc) is 2.47. The van der Waals surface area contributed by atoms with E-state index in [1.165, 1.54) is 19.4 Å². The lowest BCUT2D eigenvalue weighted by Crippen LogP contribution is -2.02. The second-order valence-electron chi connectivity index (χ2n) is 4.00. The number of para-hydroxylation sites is 1.